The molecule has 0 saturated heterocycles. The largest absolute Gasteiger partial charge is 0.481 e. The summed E-state index contributed by atoms with van der Waals surface area (Å²) >= 11 is 0. The van der Waals surface area contributed by atoms with E-state index in [1.807, 2.05) is 0 Å². The van der Waals surface area contributed by atoms with Gasteiger partial charge in [0.25, 0.3) is 0 Å². The van der Waals surface area contributed by atoms with Gasteiger partial charge in [-0.2, -0.15) is 0 Å². The van der Waals surface area contributed by atoms with Gasteiger partial charge < -0.3 is 5.11 Å². The van der Waals surface area contributed by atoms with Gasteiger partial charge in [-0.1, -0.05) is 33.6 Å². The molecule has 1 saturated carbocycles. The third-order valence-electron chi connectivity index (χ3n) is 3.95. The molecule has 1 rings (SSSR count). The van der Waals surface area contributed by atoms with E-state index >= 15 is 0 Å². The molecule has 16 heavy (non-hydrogen) atoms. The number of aliphatic carboxylic acids is 1. The van der Waals surface area contributed by atoms with Gasteiger partial charge in [0.2, 0.25) is 0 Å². The standard InChI is InChI=1S/C13H25NO2/c1-4-11-7-6-8-12(11)14(5-2)9-10(3)13(15)16/h10-12H,4-9H2,1-3H3,(H,15,16). The summed E-state index contributed by atoms with van der Waals surface area (Å²) in [7, 11) is 0. The summed E-state index contributed by atoms with van der Waals surface area (Å²) in [6.07, 6.45) is 5.10. The molecule has 1 N–H and O–H groups in total. The van der Waals surface area contributed by atoms with Crippen molar-refractivity contribution >= 4 is 5.97 Å². The summed E-state index contributed by atoms with van der Waals surface area (Å²) in [5.74, 6) is -0.150. The van der Waals surface area contributed by atoms with Gasteiger partial charge in [-0.3, -0.25) is 9.69 Å². The summed E-state index contributed by atoms with van der Waals surface area (Å²) in [5.41, 5.74) is 0. The Balaban J connectivity index is 2.56. The molecule has 94 valence electrons. The van der Waals surface area contributed by atoms with Crippen molar-refractivity contribution in [1.82, 2.24) is 4.90 Å². The van der Waals surface area contributed by atoms with Crippen molar-refractivity contribution in [2.45, 2.75) is 52.5 Å². The zero-order chi connectivity index (χ0) is 12.1. The molecule has 3 unspecified atom stereocenters. The lowest BCUT2D eigenvalue weighted by atomic mass is 9.98. The van der Waals surface area contributed by atoms with Crippen LogP contribution in [0.4, 0.5) is 0 Å². The van der Waals surface area contributed by atoms with Gasteiger partial charge in [0, 0.05) is 12.6 Å². The first-order valence-corrected chi connectivity index (χ1v) is 6.56. The third-order valence-corrected chi connectivity index (χ3v) is 3.95. The van der Waals surface area contributed by atoms with E-state index in [2.05, 4.69) is 18.7 Å². The van der Waals surface area contributed by atoms with Crippen LogP contribution >= 0.6 is 0 Å². The Labute approximate surface area is 98.8 Å². The minimum Gasteiger partial charge on any atom is -0.481 e. The Morgan fingerprint density at radius 3 is 2.62 bits per heavy atom. The molecule has 0 aromatic rings. The molecule has 0 aromatic carbocycles. The molecule has 0 bridgehead atoms. The highest BCUT2D eigenvalue weighted by Crippen LogP contribution is 2.32. The molecule has 3 atom stereocenters. The molecule has 0 heterocycles. The number of rotatable bonds is 6. The van der Waals surface area contributed by atoms with Crippen LogP contribution in [0.15, 0.2) is 0 Å². The molecule has 0 aromatic heterocycles. The van der Waals surface area contributed by atoms with Gasteiger partial charge in [0.1, 0.15) is 0 Å². The van der Waals surface area contributed by atoms with Crippen molar-refractivity contribution in [3.63, 3.8) is 0 Å². The number of carboxylic acid groups (broad SMARTS) is 1. The van der Waals surface area contributed by atoms with Crippen molar-refractivity contribution in [2.24, 2.45) is 11.8 Å². The fourth-order valence-electron chi connectivity index (χ4n) is 2.90. The lowest BCUT2D eigenvalue weighted by Gasteiger charge is -2.33. The van der Waals surface area contributed by atoms with Gasteiger partial charge in [-0.15, -0.1) is 0 Å². The highest BCUT2D eigenvalue weighted by molar-refractivity contribution is 5.69. The van der Waals surface area contributed by atoms with Crippen LogP contribution in [0.25, 0.3) is 0 Å². The van der Waals surface area contributed by atoms with Crippen LogP contribution < -0.4 is 0 Å². The van der Waals surface area contributed by atoms with E-state index in [4.69, 9.17) is 5.11 Å². The van der Waals surface area contributed by atoms with Crippen molar-refractivity contribution < 1.29 is 9.90 Å². The maximum atomic E-state index is 10.9. The molecular formula is C13H25NO2. The van der Waals surface area contributed by atoms with Crippen molar-refractivity contribution in [3.8, 4) is 0 Å². The van der Waals surface area contributed by atoms with Crippen LogP contribution in [0.5, 0.6) is 0 Å². The number of nitrogens with zero attached hydrogens (tertiary/aromatic N) is 1. The predicted molar refractivity (Wildman–Crippen MR) is 65.5 cm³/mol. The molecular weight excluding hydrogens is 202 g/mol. The minimum absolute atomic E-state index is 0.252. The van der Waals surface area contributed by atoms with Gasteiger partial charge >= 0.3 is 5.97 Å². The quantitative estimate of drug-likeness (QED) is 0.758. The number of carboxylic acids is 1. The summed E-state index contributed by atoms with van der Waals surface area (Å²) in [4.78, 5) is 13.3. The van der Waals surface area contributed by atoms with Gasteiger partial charge in [0.15, 0.2) is 0 Å². The van der Waals surface area contributed by atoms with Crippen LogP contribution in [0.1, 0.15) is 46.5 Å². The molecule has 1 fully saturated rings. The first-order chi connectivity index (χ1) is 7.60. The average molecular weight is 227 g/mol. The van der Waals surface area contributed by atoms with Crippen LogP contribution in [0.2, 0.25) is 0 Å². The molecule has 0 amide bonds. The molecule has 3 nitrogen and oxygen atoms in total. The van der Waals surface area contributed by atoms with E-state index < -0.39 is 5.97 Å². The highest BCUT2D eigenvalue weighted by Gasteiger charge is 2.31. The average Bonchev–Trinajstić information content (AvgIpc) is 2.73. The molecule has 0 aliphatic heterocycles. The van der Waals surface area contributed by atoms with E-state index in [0.717, 1.165) is 12.5 Å². The first-order valence-electron chi connectivity index (χ1n) is 6.56. The fraction of sp³-hybridized carbons (Fsp3) is 0.923. The van der Waals surface area contributed by atoms with E-state index in [0.29, 0.717) is 12.6 Å². The van der Waals surface area contributed by atoms with Crippen molar-refractivity contribution in [2.75, 3.05) is 13.1 Å². The maximum absolute atomic E-state index is 10.9. The molecule has 3 heteroatoms. The summed E-state index contributed by atoms with van der Waals surface area (Å²) in [6, 6.07) is 0.622. The minimum atomic E-state index is -0.676. The van der Waals surface area contributed by atoms with Crippen LogP contribution in [-0.2, 0) is 4.79 Å². The van der Waals surface area contributed by atoms with Crippen molar-refractivity contribution in [1.29, 1.82) is 0 Å². The Kier molecular flexibility index (Phi) is 5.26. The highest BCUT2D eigenvalue weighted by atomic mass is 16.4. The summed E-state index contributed by atoms with van der Waals surface area (Å²) in [6.45, 7) is 7.86. The Bertz CT molecular complexity index is 230. The van der Waals surface area contributed by atoms with E-state index in [9.17, 15) is 4.79 Å². The van der Waals surface area contributed by atoms with Gasteiger partial charge in [-0.25, -0.2) is 0 Å². The molecule has 1 aliphatic rings. The zero-order valence-corrected chi connectivity index (χ0v) is 10.8. The van der Waals surface area contributed by atoms with E-state index in [-0.39, 0.29) is 5.92 Å². The van der Waals surface area contributed by atoms with Crippen molar-refractivity contribution in [3.05, 3.63) is 0 Å². The lowest BCUT2D eigenvalue weighted by molar-refractivity contribution is -0.142. The number of carbonyl (C=O) groups is 1. The second-order valence-electron chi connectivity index (χ2n) is 4.99. The molecule has 0 radical (unpaired) electrons. The number of hydrogen-bond donors (Lipinski definition) is 1. The van der Waals surface area contributed by atoms with Gasteiger partial charge in [-0.05, 0) is 25.3 Å². The van der Waals surface area contributed by atoms with E-state index in [1.54, 1.807) is 6.92 Å². The van der Waals surface area contributed by atoms with Gasteiger partial charge in [0.05, 0.1) is 5.92 Å². The van der Waals surface area contributed by atoms with Crippen LogP contribution in [-0.4, -0.2) is 35.1 Å². The second-order valence-corrected chi connectivity index (χ2v) is 4.99. The zero-order valence-electron chi connectivity index (χ0n) is 10.8. The Morgan fingerprint density at radius 2 is 2.12 bits per heavy atom. The summed E-state index contributed by atoms with van der Waals surface area (Å²) in [5, 5.41) is 8.97. The monoisotopic (exact) mass is 227 g/mol. The fourth-order valence-corrected chi connectivity index (χ4v) is 2.90. The smallest absolute Gasteiger partial charge is 0.307 e. The molecule has 1 aliphatic carbocycles. The molecule has 0 spiro atoms. The lowest BCUT2D eigenvalue weighted by Crippen LogP contribution is -2.41. The third kappa shape index (κ3) is 3.21. The summed E-state index contributed by atoms with van der Waals surface area (Å²) < 4.78 is 0. The van der Waals surface area contributed by atoms with Crippen LogP contribution in [0, 0.1) is 11.8 Å². The van der Waals surface area contributed by atoms with E-state index in [1.165, 1.54) is 25.7 Å². The topological polar surface area (TPSA) is 40.5 Å². The maximum Gasteiger partial charge on any atom is 0.307 e. The second kappa shape index (κ2) is 6.24. The first kappa shape index (κ1) is 13.5. The normalized spacial score (nSPS) is 27.2. The Morgan fingerprint density at radius 1 is 1.44 bits per heavy atom. The SMILES string of the molecule is CCC1CCCC1N(CC)CC(C)C(=O)O. The van der Waals surface area contributed by atoms with Crippen LogP contribution in [0.3, 0.4) is 0 Å². The predicted octanol–water partition coefficient (Wildman–Crippen LogP) is 2.61. The Hall–Kier alpha value is -0.570. The number of hydrogen-bond acceptors (Lipinski definition) is 2.